The van der Waals surface area contributed by atoms with Gasteiger partial charge in [-0.2, -0.15) is 0 Å². The van der Waals surface area contributed by atoms with E-state index in [-0.39, 0.29) is 13.0 Å². The zero-order chi connectivity index (χ0) is 21.0. The van der Waals surface area contributed by atoms with Crippen molar-refractivity contribution in [1.82, 2.24) is 4.98 Å². The van der Waals surface area contributed by atoms with Crippen LogP contribution in [0.4, 0.5) is 4.39 Å². The van der Waals surface area contributed by atoms with Gasteiger partial charge in [-0.1, -0.05) is 18.2 Å². The summed E-state index contributed by atoms with van der Waals surface area (Å²) < 4.78 is 32.0. The minimum Gasteiger partial charge on any atom is -0.493 e. The highest BCUT2D eigenvalue weighted by Crippen LogP contribution is 2.33. The molecule has 2 atom stereocenters. The van der Waals surface area contributed by atoms with Gasteiger partial charge in [-0.15, -0.1) is 0 Å². The molecule has 2 aromatic rings. The lowest BCUT2D eigenvalue weighted by Gasteiger charge is -2.33. The Hall–Kier alpha value is -2.17. The second kappa shape index (κ2) is 9.10. The molecular weight excluding hydrogens is 488 g/mol. The van der Waals surface area contributed by atoms with Crippen molar-refractivity contribution in [2.45, 2.75) is 24.6 Å². The molecule has 29 heavy (non-hydrogen) atoms. The van der Waals surface area contributed by atoms with Crippen LogP contribution >= 0.6 is 22.6 Å². The number of nitrogens with zero attached hydrogens (tertiary/aromatic N) is 1. The van der Waals surface area contributed by atoms with Crippen LogP contribution in [0.15, 0.2) is 52.3 Å². The summed E-state index contributed by atoms with van der Waals surface area (Å²) in [5, 5.41) is 0. The first kappa shape index (κ1) is 21.5. The predicted octanol–water partition coefficient (Wildman–Crippen LogP) is 3.27. The molecule has 0 radical (unpaired) electrons. The number of methoxy groups -OCH3 is 2. The van der Waals surface area contributed by atoms with E-state index in [0.717, 1.165) is 9.14 Å². The van der Waals surface area contributed by atoms with E-state index in [1.165, 1.54) is 13.2 Å². The molecule has 154 valence electrons. The molecule has 1 aliphatic rings. The van der Waals surface area contributed by atoms with E-state index in [0.29, 0.717) is 22.9 Å². The summed E-state index contributed by atoms with van der Waals surface area (Å²) in [6, 6.07) is 6.06. The molecule has 0 aliphatic heterocycles. The standard InChI is InChI=1S/C21H23FIN3O3/c1-27-17-7-14(10-21(25)6-5-15(23)8-19(21)24)16(22)9-18(17)29-12-13-3-4-20(28-2)26-11-13/h3-9,11,19H,10,12,24-25H2,1-2H3. The van der Waals surface area contributed by atoms with Gasteiger partial charge in [0.05, 0.1) is 19.8 Å². The maximum Gasteiger partial charge on any atom is 0.212 e. The monoisotopic (exact) mass is 511 g/mol. The van der Waals surface area contributed by atoms with Crippen molar-refractivity contribution >= 4 is 22.6 Å². The maximum absolute atomic E-state index is 14.8. The Morgan fingerprint density at radius 3 is 2.62 bits per heavy atom. The van der Waals surface area contributed by atoms with Gasteiger partial charge in [0.25, 0.3) is 0 Å². The first-order valence-corrected chi connectivity index (χ1v) is 10.0. The molecule has 2 unspecified atom stereocenters. The van der Waals surface area contributed by atoms with Crippen LogP contribution in [0.5, 0.6) is 17.4 Å². The smallest absolute Gasteiger partial charge is 0.212 e. The van der Waals surface area contributed by atoms with Crippen LogP contribution in [0.2, 0.25) is 0 Å². The normalized spacial score (nSPS) is 20.9. The molecule has 0 amide bonds. The van der Waals surface area contributed by atoms with Crippen LogP contribution in [-0.4, -0.2) is 30.8 Å². The third-order valence-corrected chi connectivity index (χ3v) is 5.46. The maximum atomic E-state index is 14.8. The molecule has 1 aromatic carbocycles. The van der Waals surface area contributed by atoms with Gasteiger partial charge in [-0.25, -0.2) is 9.37 Å². The average molecular weight is 511 g/mol. The summed E-state index contributed by atoms with van der Waals surface area (Å²) in [4.78, 5) is 4.12. The summed E-state index contributed by atoms with van der Waals surface area (Å²) in [7, 11) is 3.06. The van der Waals surface area contributed by atoms with E-state index >= 15 is 0 Å². The van der Waals surface area contributed by atoms with Crippen molar-refractivity contribution in [3.05, 3.63) is 69.2 Å². The zero-order valence-electron chi connectivity index (χ0n) is 16.2. The summed E-state index contributed by atoms with van der Waals surface area (Å²) in [5.41, 5.74) is 13.0. The molecule has 0 saturated carbocycles. The summed E-state index contributed by atoms with van der Waals surface area (Å²) in [5.74, 6) is 0.804. The molecule has 6 nitrogen and oxygen atoms in total. The van der Waals surface area contributed by atoms with E-state index in [4.69, 9.17) is 25.7 Å². The number of aromatic nitrogens is 1. The average Bonchev–Trinajstić information content (AvgIpc) is 2.71. The second-order valence-electron chi connectivity index (χ2n) is 6.79. The molecule has 1 heterocycles. The third-order valence-electron chi connectivity index (χ3n) is 4.74. The molecule has 4 N–H and O–H groups in total. The highest BCUT2D eigenvalue weighted by molar-refractivity contribution is 14.1. The summed E-state index contributed by atoms with van der Waals surface area (Å²) in [6.45, 7) is 0.212. The number of hydrogen-bond acceptors (Lipinski definition) is 6. The topological polar surface area (TPSA) is 92.6 Å². The zero-order valence-corrected chi connectivity index (χ0v) is 18.4. The third kappa shape index (κ3) is 5.06. The van der Waals surface area contributed by atoms with Crippen molar-refractivity contribution < 1.29 is 18.6 Å². The molecule has 1 aromatic heterocycles. The number of hydrogen-bond donors (Lipinski definition) is 2. The van der Waals surface area contributed by atoms with Gasteiger partial charge in [0.15, 0.2) is 11.5 Å². The first-order valence-electron chi connectivity index (χ1n) is 8.94. The van der Waals surface area contributed by atoms with Crippen LogP contribution in [0.3, 0.4) is 0 Å². The van der Waals surface area contributed by atoms with Crippen molar-refractivity contribution in [3.8, 4) is 17.4 Å². The second-order valence-corrected chi connectivity index (χ2v) is 8.04. The van der Waals surface area contributed by atoms with Crippen molar-refractivity contribution in [3.63, 3.8) is 0 Å². The van der Waals surface area contributed by atoms with Gasteiger partial charge >= 0.3 is 0 Å². The number of halogens is 2. The lowest BCUT2D eigenvalue weighted by Crippen LogP contribution is -2.55. The first-order chi connectivity index (χ1) is 13.8. The minimum absolute atomic E-state index is 0.212. The number of rotatable bonds is 7. The fourth-order valence-corrected chi connectivity index (χ4v) is 3.57. The Morgan fingerprint density at radius 2 is 2.00 bits per heavy atom. The lowest BCUT2D eigenvalue weighted by molar-refractivity contribution is 0.281. The largest absolute Gasteiger partial charge is 0.493 e. The number of pyridine rings is 1. The minimum atomic E-state index is -0.877. The predicted molar refractivity (Wildman–Crippen MR) is 118 cm³/mol. The lowest BCUT2D eigenvalue weighted by atomic mass is 9.82. The molecule has 3 rings (SSSR count). The van der Waals surface area contributed by atoms with E-state index in [1.807, 2.05) is 24.3 Å². The van der Waals surface area contributed by atoms with Gasteiger partial charge in [0, 0.05) is 33.5 Å². The Morgan fingerprint density at radius 1 is 1.21 bits per heavy atom. The molecule has 1 aliphatic carbocycles. The van der Waals surface area contributed by atoms with Gasteiger partial charge < -0.3 is 25.7 Å². The Balaban J connectivity index is 1.77. The molecular formula is C21H23FIN3O3. The fraction of sp³-hybridized carbons (Fsp3) is 0.286. The Labute approximate surface area is 182 Å². The van der Waals surface area contributed by atoms with E-state index < -0.39 is 17.4 Å². The molecule has 8 heteroatoms. The van der Waals surface area contributed by atoms with Crippen molar-refractivity contribution in [2.24, 2.45) is 11.5 Å². The van der Waals surface area contributed by atoms with Crippen molar-refractivity contribution in [2.75, 3.05) is 14.2 Å². The molecule has 0 spiro atoms. The SMILES string of the molecule is COc1ccc(COc2cc(F)c(CC3(N)C=CC(I)=CC3N)cc2OC)cn1. The molecule has 0 saturated heterocycles. The number of ether oxygens (including phenoxy) is 3. The van der Waals surface area contributed by atoms with Gasteiger partial charge in [-0.3, -0.25) is 0 Å². The van der Waals surface area contributed by atoms with E-state index in [2.05, 4.69) is 27.6 Å². The summed E-state index contributed by atoms with van der Waals surface area (Å²) in [6.07, 6.45) is 7.46. The number of nitrogens with two attached hydrogens (primary N) is 2. The molecule has 0 fully saturated rings. The van der Waals surface area contributed by atoms with Crippen LogP contribution in [0.25, 0.3) is 0 Å². The summed E-state index contributed by atoms with van der Waals surface area (Å²) >= 11 is 2.18. The fourth-order valence-electron chi connectivity index (χ4n) is 3.00. The number of benzene rings is 1. The highest BCUT2D eigenvalue weighted by Gasteiger charge is 2.32. The van der Waals surface area contributed by atoms with Gasteiger partial charge in [-0.05, 0) is 46.7 Å². The van der Waals surface area contributed by atoms with Gasteiger partial charge in [0.2, 0.25) is 5.88 Å². The quantitative estimate of drug-likeness (QED) is 0.555. The van der Waals surface area contributed by atoms with Crippen LogP contribution in [0.1, 0.15) is 11.1 Å². The van der Waals surface area contributed by atoms with Crippen LogP contribution < -0.4 is 25.7 Å². The highest BCUT2D eigenvalue weighted by atomic mass is 127. The van der Waals surface area contributed by atoms with Gasteiger partial charge in [0.1, 0.15) is 12.4 Å². The van der Waals surface area contributed by atoms with E-state index in [1.54, 1.807) is 25.4 Å². The number of allylic oxidation sites excluding steroid dienone is 2. The van der Waals surface area contributed by atoms with Crippen LogP contribution in [-0.2, 0) is 13.0 Å². The Kier molecular flexibility index (Phi) is 6.76. The Bertz CT molecular complexity index is 934. The van der Waals surface area contributed by atoms with E-state index in [9.17, 15) is 4.39 Å². The molecule has 0 bridgehead atoms. The van der Waals surface area contributed by atoms with Crippen molar-refractivity contribution in [1.29, 1.82) is 0 Å². The van der Waals surface area contributed by atoms with Crippen LogP contribution in [0, 0.1) is 5.82 Å².